The summed E-state index contributed by atoms with van der Waals surface area (Å²) < 4.78 is 4.40. The molecular weight excluding hydrogens is 408 g/mol. The SMILES string of the molecule is CCOC(C)=O.O=[N+]([O-])c1cccc([N+](=O)[O-])c1.O=[N+]([O-])c1cccc([N+](=O)[O-])c1. The van der Waals surface area contributed by atoms with Gasteiger partial charge in [-0.05, 0) is 19.1 Å². The van der Waals surface area contributed by atoms with Crippen LogP contribution in [0.3, 0.4) is 0 Å². The van der Waals surface area contributed by atoms with Crippen LogP contribution in [0.2, 0.25) is 0 Å². The van der Waals surface area contributed by atoms with E-state index < -0.39 is 19.7 Å². The van der Waals surface area contributed by atoms with Crippen LogP contribution >= 0.6 is 0 Å². The van der Waals surface area contributed by atoms with Gasteiger partial charge in [0.25, 0.3) is 22.7 Å². The first-order valence-corrected chi connectivity index (χ1v) is 7.90. The molecule has 0 heterocycles. The number of carbonyl (C=O) groups is 1. The van der Waals surface area contributed by atoms with Crippen LogP contribution in [-0.4, -0.2) is 32.3 Å². The Balaban J connectivity index is 0.000000447. The number of non-ortho nitro benzene ring substituents is 4. The summed E-state index contributed by atoms with van der Waals surface area (Å²) in [6.07, 6.45) is 0. The second kappa shape index (κ2) is 12.8. The van der Waals surface area contributed by atoms with E-state index in [2.05, 4.69) is 4.74 Å². The minimum absolute atomic E-state index is 0.211. The minimum Gasteiger partial charge on any atom is -0.466 e. The zero-order chi connectivity index (χ0) is 23.3. The Hall–Kier alpha value is -4.49. The molecule has 2 aromatic rings. The second-order valence-corrected chi connectivity index (χ2v) is 4.99. The van der Waals surface area contributed by atoms with Crippen LogP contribution in [-0.2, 0) is 9.53 Å². The van der Waals surface area contributed by atoms with Gasteiger partial charge < -0.3 is 4.74 Å². The van der Waals surface area contributed by atoms with Gasteiger partial charge in [0.1, 0.15) is 0 Å². The number of rotatable bonds is 5. The Morgan fingerprint density at radius 3 is 1.13 bits per heavy atom. The molecule has 30 heavy (non-hydrogen) atoms. The third-order valence-electron chi connectivity index (χ3n) is 2.85. The van der Waals surface area contributed by atoms with E-state index in [0.29, 0.717) is 6.61 Å². The van der Waals surface area contributed by atoms with Crippen LogP contribution in [0, 0.1) is 40.5 Å². The van der Waals surface area contributed by atoms with Crippen molar-refractivity contribution < 1.29 is 29.2 Å². The summed E-state index contributed by atoms with van der Waals surface area (Å²) in [6.45, 7) is 3.65. The van der Waals surface area contributed by atoms with Crippen molar-refractivity contribution in [2.24, 2.45) is 0 Å². The molecule has 0 spiro atoms. The molecule has 0 N–H and O–H groups in total. The van der Waals surface area contributed by atoms with Gasteiger partial charge in [0.05, 0.1) is 38.4 Å². The van der Waals surface area contributed by atoms with Gasteiger partial charge in [-0.15, -0.1) is 0 Å². The molecular formula is C16H16N4O10. The van der Waals surface area contributed by atoms with E-state index in [1.54, 1.807) is 6.92 Å². The Morgan fingerprint density at radius 1 is 0.733 bits per heavy atom. The first-order valence-electron chi connectivity index (χ1n) is 7.90. The van der Waals surface area contributed by atoms with Crippen molar-refractivity contribution in [3.63, 3.8) is 0 Å². The predicted octanol–water partition coefficient (Wildman–Crippen LogP) is 3.58. The lowest BCUT2D eigenvalue weighted by Crippen LogP contribution is -1.95. The number of benzene rings is 2. The molecule has 0 radical (unpaired) electrons. The Kier molecular flexibility index (Phi) is 10.9. The second-order valence-electron chi connectivity index (χ2n) is 4.99. The first-order chi connectivity index (χ1) is 14.0. The lowest BCUT2D eigenvalue weighted by Gasteiger charge is -1.90. The Bertz CT molecular complexity index is 806. The molecule has 160 valence electrons. The van der Waals surface area contributed by atoms with E-state index in [-0.39, 0.29) is 28.7 Å². The van der Waals surface area contributed by atoms with Gasteiger partial charge in [0.15, 0.2) is 0 Å². The van der Waals surface area contributed by atoms with Crippen LogP contribution in [0.1, 0.15) is 13.8 Å². The van der Waals surface area contributed by atoms with E-state index in [0.717, 1.165) is 12.1 Å². The van der Waals surface area contributed by atoms with Gasteiger partial charge in [-0.25, -0.2) is 0 Å². The number of esters is 1. The molecule has 14 nitrogen and oxygen atoms in total. The smallest absolute Gasteiger partial charge is 0.302 e. The van der Waals surface area contributed by atoms with E-state index in [9.17, 15) is 45.3 Å². The molecule has 2 rings (SSSR count). The molecule has 0 aliphatic rings. The highest BCUT2D eigenvalue weighted by molar-refractivity contribution is 5.65. The third kappa shape index (κ3) is 10.0. The van der Waals surface area contributed by atoms with Gasteiger partial charge in [-0.2, -0.15) is 0 Å². The van der Waals surface area contributed by atoms with Crippen LogP contribution < -0.4 is 0 Å². The first kappa shape index (κ1) is 25.5. The molecule has 0 aliphatic carbocycles. The highest BCUT2D eigenvalue weighted by atomic mass is 16.6. The molecule has 0 aliphatic heterocycles. The number of nitro groups is 4. The number of hydrogen-bond acceptors (Lipinski definition) is 10. The zero-order valence-corrected chi connectivity index (χ0v) is 15.7. The summed E-state index contributed by atoms with van der Waals surface area (Å²) in [7, 11) is 0. The van der Waals surface area contributed by atoms with Crippen molar-refractivity contribution in [2.75, 3.05) is 6.61 Å². The van der Waals surface area contributed by atoms with E-state index in [4.69, 9.17) is 0 Å². The molecule has 0 amide bonds. The zero-order valence-electron chi connectivity index (χ0n) is 15.7. The fraction of sp³-hybridized carbons (Fsp3) is 0.188. The van der Waals surface area contributed by atoms with Crippen molar-refractivity contribution in [3.05, 3.63) is 89.0 Å². The summed E-state index contributed by atoms with van der Waals surface area (Å²) in [4.78, 5) is 47.8. The van der Waals surface area contributed by atoms with Crippen LogP contribution in [0.15, 0.2) is 48.5 Å². The van der Waals surface area contributed by atoms with Crippen molar-refractivity contribution in [2.45, 2.75) is 13.8 Å². The minimum atomic E-state index is -0.674. The average Bonchev–Trinajstić information content (AvgIpc) is 2.69. The predicted molar refractivity (Wildman–Crippen MR) is 102 cm³/mol. The standard InChI is InChI=1S/2C6H4N2O4.C4H8O2/c2*9-7(10)5-2-1-3-6(4-5)8(11)12;1-3-6-4(2)5/h2*1-4H;3H2,1-2H3. The molecule has 0 bridgehead atoms. The lowest BCUT2D eigenvalue weighted by molar-refractivity contribution is -0.394. The largest absolute Gasteiger partial charge is 0.466 e. The highest BCUT2D eigenvalue weighted by Gasteiger charge is 2.12. The average molecular weight is 424 g/mol. The molecule has 0 fully saturated rings. The van der Waals surface area contributed by atoms with Gasteiger partial charge in [0.2, 0.25) is 0 Å². The number of nitrogens with zero attached hydrogens (tertiary/aromatic N) is 4. The molecule has 2 aromatic carbocycles. The van der Waals surface area contributed by atoms with Gasteiger partial charge in [0, 0.05) is 31.2 Å². The molecule has 14 heteroatoms. The normalized spacial score (nSPS) is 9.00. The number of hydrogen-bond donors (Lipinski definition) is 0. The fourth-order valence-corrected chi connectivity index (χ4v) is 1.64. The maximum absolute atomic E-state index is 10.2. The lowest BCUT2D eigenvalue weighted by atomic mass is 10.3. The molecule has 0 unspecified atom stereocenters. The van der Waals surface area contributed by atoms with Gasteiger partial charge >= 0.3 is 5.97 Å². The van der Waals surface area contributed by atoms with Crippen molar-refractivity contribution in [3.8, 4) is 0 Å². The summed E-state index contributed by atoms with van der Waals surface area (Å²) in [5, 5.41) is 40.6. The summed E-state index contributed by atoms with van der Waals surface area (Å²) in [6, 6.07) is 9.19. The summed E-state index contributed by atoms with van der Waals surface area (Å²) >= 11 is 0. The molecule has 0 aromatic heterocycles. The Morgan fingerprint density at radius 2 is 1.00 bits per heavy atom. The third-order valence-corrected chi connectivity index (χ3v) is 2.85. The topological polar surface area (TPSA) is 199 Å². The van der Waals surface area contributed by atoms with Crippen molar-refractivity contribution in [1.82, 2.24) is 0 Å². The summed E-state index contributed by atoms with van der Waals surface area (Å²) in [5.74, 6) is -0.211. The molecule has 0 saturated carbocycles. The van der Waals surface area contributed by atoms with Crippen LogP contribution in [0.5, 0.6) is 0 Å². The van der Waals surface area contributed by atoms with Crippen molar-refractivity contribution in [1.29, 1.82) is 0 Å². The summed E-state index contributed by atoms with van der Waals surface area (Å²) in [5.41, 5.74) is -1.10. The number of carbonyl (C=O) groups excluding carboxylic acids is 1. The maximum Gasteiger partial charge on any atom is 0.302 e. The molecule has 0 saturated heterocycles. The number of ether oxygens (including phenoxy) is 1. The van der Waals surface area contributed by atoms with E-state index in [1.165, 1.54) is 43.3 Å². The van der Waals surface area contributed by atoms with E-state index >= 15 is 0 Å². The van der Waals surface area contributed by atoms with Gasteiger partial charge in [-0.1, -0.05) is 0 Å². The van der Waals surface area contributed by atoms with Gasteiger partial charge in [-0.3, -0.25) is 45.3 Å². The Labute approximate surface area is 168 Å². The van der Waals surface area contributed by atoms with Crippen LogP contribution in [0.25, 0.3) is 0 Å². The maximum atomic E-state index is 10.2. The quantitative estimate of drug-likeness (QED) is 0.388. The fourth-order valence-electron chi connectivity index (χ4n) is 1.64. The molecule has 0 atom stereocenters. The number of nitro benzene ring substituents is 4. The monoisotopic (exact) mass is 424 g/mol. The van der Waals surface area contributed by atoms with E-state index in [1.807, 2.05) is 0 Å². The highest BCUT2D eigenvalue weighted by Crippen LogP contribution is 2.19. The van der Waals surface area contributed by atoms with Crippen LogP contribution in [0.4, 0.5) is 22.7 Å². The van der Waals surface area contributed by atoms with Crippen molar-refractivity contribution >= 4 is 28.7 Å².